The van der Waals surface area contributed by atoms with Gasteiger partial charge in [-0.05, 0) is 40.8 Å². The lowest BCUT2D eigenvalue weighted by Crippen LogP contribution is -2.30. The van der Waals surface area contributed by atoms with Crippen LogP contribution in [0.2, 0.25) is 0 Å². The molecule has 0 bridgehead atoms. The van der Waals surface area contributed by atoms with E-state index < -0.39 is 21.6 Å². The summed E-state index contributed by atoms with van der Waals surface area (Å²) in [7, 11) is -2.12. The first-order valence-corrected chi connectivity index (χ1v) is 10.7. The fraction of sp³-hybridized carbons (Fsp3) is 0.222. The molecule has 1 unspecified atom stereocenters. The van der Waals surface area contributed by atoms with Crippen molar-refractivity contribution in [1.29, 1.82) is 0 Å². The Kier molecular flexibility index (Phi) is 5.73. The topological polar surface area (TPSA) is 96.8 Å². The van der Waals surface area contributed by atoms with Crippen LogP contribution in [-0.2, 0) is 20.4 Å². The monoisotopic (exact) mass is 406 g/mol. The molecule has 0 aliphatic carbocycles. The molecular formula is C18H18N2O5S2. The Morgan fingerprint density at radius 2 is 2.04 bits per heavy atom. The van der Waals surface area contributed by atoms with Crippen molar-refractivity contribution in [2.24, 2.45) is 0 Å². The Hall–Kier alpha value is -2.49. The van der Waals surface area contributed by atoms with E-state index in [2.05, 4.69) is 4.98 Å². The Morgan fingerprint density at radius 1 is 1.30 bits per heavy atom. The first-order chi connectivity index (χ1) is 12.9. The van der Waals surface area contributed by atoms with Gasteiger partial charge in [0.25, 0.3) is 0 Å². The highest BCUT2D eigenvalue weighted by atomic mass is 32.2. The zero-order valence-electron chi connectivity index (χ0n) is 14.5. The number of hydrogen-bond acceptors (Lipinski definition) is 7. The number of ether oxygens (including phenoxy) is 1. The van der Waals surface area contributed by atoms with E-state index in [0.717, 1.165) is 10.2 Å². The molecule has 0 saturated carbocycles. The fourth-order valence-corrected chi connectivity index (χ4v) is 5.16. The molecule has 1 N–H and O–H groups in total. The molecule has 1 aromatic carbocycles. The van der Waals surface area contributed by atoms with Crippen molar-refractivity contribution in [3.05, 3.63) is 59.1 Å². The second-order valence-corrected chi connectivity index (χ2v) is 9.03. The molecular weight excluding hydrogens is 388 g/mol. The molecule has 3 rings (SSSR count). The molecule has 0 radical (unpaired) electrons. The van der Waals surface area contributed by atoms with E-state index in [1.165, 1.54) is 24.6 Å². The molecule has 3 aromatic rings. The lowest BCUT2D eigenvalue weighted by Gasteiger charge is -2.23. The highest BCUT2D eigenvalue weighted by Crippen LogP contribution is 2.25. The minimum Gasteiger partial charge on any atom is -0.497 e. The number of nitrogens with zero attached hydrogens (tertiary/aromatic N) is 2. The van der Waals surface area contributed by atoms with Gasteiger partial charge in [0.05, 0.1) is 34.9 Å². The van der Waals surface area contributed by atoms with Crippen LogP contribution in [0.1, 0.15) is 17.2 Å². The maximum Gasteiger partial charge on any atom is 0.233 e. The summed E-state index contributed by atoms with van der Waals surface area (Å²) < 4.78 is 31.4. The summed E-state index contributed by atoms with van der Waals surface area (Å²) in [5.41, 5.74) is 1.87. The smallest absolute Gasteiger partial charge is 0.233 e. The van der Waals surface area contributed by atoms with Gasteiger partial charge in [-0.15, -0.1) is 11.3 Å². The molecule has 2 heterocycles. The number of methoxy groups -OCH3 is 1. The molecule has 1 amide bonds. The summed E-state index contributed by atoms with van der Waals surface area (Å²) in [6, 6.07) is 9.16. The Balaban J connectivity index is 1.83. The standard InChI is InChI=1S/C18H18N2O5S2/c1-25-15-4-2-14(3-5-15)17(20(22)12-21)11-27(23,24)10-13-8-18-16(19-9-13)6-7-26-18/h2-9,12,17,22H,10-11H2,1H3. The molecule has 9 heteroatoms. The number of fused-ring (bicyclic) bond motifs is 1. The molecule has 7 nitrogen and oxygen atoms in total. The predicted molar refractivity (Wildman–Crippen MR) is 103 cm³/mol. The molecule has 0 aliphatic rings. The number of rotatable bonds is 8. The van der Waals surface area contributed by atoms with Crippen LogP contribution in [0.4, 0.5) is 0 Å². The molecule has 27 heavy (non-hydrogen) atoms. The maximum absolute atomic E-state index is 12.7. The number of hydrogen-bond donors (Lipinski definition) is 1. The molecule has 2 aromatic heterocycles. The average Bonchev–Trinajstić information content (AvgIpc) is 3.13. The Bertz CT molecular complexity index is 1030. The van der Waals surface area contributed by atoms with Crippen molar-refractivity contribution in [2.75, 3.05) is 12.9 Å². The third kappa shape index (κ3) is 4.62. The predicted octanol–water partition coefficient (Wildman–Crippen LogP) is 2.81. The largest absolute Gasteiger partial charge is 0.497 e. The third-order valence-corrected chi connectivity index (χ3v) is 6.54. The highest BCUT2D eigenvalue weighted by molar-refractivity contribution is 7.90. The number of pyridine rings is 1. The zero-order chi connectivity index (χ0) is 19.4. The van der Waals surface area contributed by atoms with Crippen LogP contribution in [0, 0.1) is 0 Å². The number of aromatic nitrogens is 1. The molecule has 0 spiro atoms. The lowest BCUT2D eigenvalue weighted by atomic mass is 10.1. The normalized spacial score (nSPS) is 12.7. The Labute approximate surface area is 160 Å². The molecule has 0 saturated heterocycles. The average molecular weight is 406 g/mol. The van der Waals surface area contributed by atoms with Crippen LogP contribution < -0.4 is 4.74 Å². The number of thiophene rings is 1. The van der Waals surface area contributed by atoms with Gasteiger partial charge in [-0.1, -0.05) is 12.1 Å². The molecule has 1 atom stereocenters. The van der Waals surface area contributed by atoms with Gasteiger partial charge in [0.1, 0.15) is 5.75 Å². The van der Waals surface area contributed by atoms with Crippen LogP contribution in [0.25, 0.3) is 10.2 Å². The number of benzene rings is 1. The van der Waals surface area contributed by atoms with E-state index >= 15 is 0 Å². The van der Waals surface area contributed by atoms with Crippen molar-refractivity contribution in [2.45, 2.75) is 11.8 Å². The SMILES string of the molecule is COc1ccc(C(CS(=O)(=O)Cc2cnc3ccsc3c2)N(O)C=O)cc1. The number of hydroxylamine groups is 2. The number of amides is 1. The van der Waals surface area contributed by atoms with Crippen LogP contribution in [0.15, 0.2) is 48.0 Å². The van der Waals surface area contributed by atoms with Crippen molar-refractivity contribution in [3.8, 4) is 5.75 Å². The van der Waals surface area contributed by atoms with Gasteiger partial charge in [0.2, 0.25) is 6.41 Å². The molecule has 0 fully saturated rings. The minimum absolute atomic E-state index is 0.198. The summed E-state index contributed by atoms with van der Waals surface area (Å²) in [5.74, 6) is -0.0594. The van der Waals surface area contributed by atoms with Crippen molar-refractivity contribution in [1.82, 2.24) is 10.0 Å². The van der Waals surface area contributed by atoms with Crippen molar-refractivity contribution >= 4 is 37.8 Å². The summed E-state index contributed by atoms with van der Waals surface area (Å²) in [4.78, 5) is 15.3. The van der Waals surface area contributed by atoms with E-state index in [9.17, 15) is 18.4 Å². The summed E-state index contributed by atoms with van der Waals surface area (Å²) >= 11 is 1.49. The zero-order valence-corrected chi connectivity index (χ0v) is 16.1. The van der Waals surface area contributed by atoms with Crippen LogP contribution in [-0.4, -0.2) is 42.9 Å². The Morgan fingerprint density at radius 3 is 2.70 bits per heavy atom. The van der Waals surface area contributed by atoms with E-state index in [1.807, 2.05) is 11.4 Å². The summed E-state index contributed by atoms with van der Waals surface area (Å²) in [6.45, 7) is 0. The highest BCUT2D eigenvalue weighted by Gasteiger charge is 2.26. The summed E-state index contributed by atoms with van der Waals surface area (Å²) in [5, 5.41) is 12.2. The van der Waals surface area contributed by atoms with Gasteiger partial charge in [0.15, 0.2) is 9.84 Å². The van der Waals surface area contributed by atoms with Crippen LogP contribution in [0.3, 0.4) is 0 Å². The van der Waals surface area contributed by atoms with Crippen molar-refractivity contribution < 1.29 is 23.2 Å². The minimum atomic E-state index is -3.63. The van der Waals surface area contributed by atoms with E-state index in [-0.39, 0.29) is 12.2 Å². The van der Waals surface area contributed by atoms with E-state index in [0.29, 0.717) is 21.9 Å². The van der Waals surface area contributed by atoms with Crippen molar-refractivity contribution in [3.63, 3.8) is 0 Å². The van der Waals surface area contributed by atoms with Gasteiger partial charge >= 0.3 is 0 Å². The fourth-order valence-electron chi connectivity index (χ4n) is 2.74. The number of carbonyl (C=O) groups excluding carboxylic acids is 1. The second-order valence-electron chi connectivity index (χ2n) is 5.98. The first kappa shape index (κ1) is 19.3. The molecule has 142 valence electrons. The second kappa shape index (κ2) is 8.03. The summed E-state index contributed by atoms with van der Waals surface area (Å²) in [6.07, 6.45) is 1.73. The van der Waals surface area contributed by atoms with Gasteiger partial charge in [-0.25, -0.2) is 13.5 Å². The van der Waals surface area contributed by atoms with E-state index in [4.69, 9.17) is 4.74 Å². The number of carbonyl (C=O) groups is 1. The quantitative estimate of drug-likeness (QED) is 0.351. The third-order valence-electron chi connectivity index (χ3n) is 4.09. The lowest BCUT2D eigenvalue weighted by molar-refractivity contribution is -0.158. The van der Waals surface area contributed by atoms with Crippen LogP contribution in [0.5, 0.6) is 5.75 Å². The van der Waals surface area contributed by atoms with Gasteiger partial charge in [0, 0.05) is 6.20 Å². The first-order valence-electron chi connectivity index (χ1n) is 8.01. The number of sulfone groups is 1. The molecule has 0 aliphatic heterocycles. The van der Waals surface area contributed by atoms with Gasteiger partial charge < -0.3 is 4.74 Å². The maximum atomic E-state index is 12.7. The van der Waals surface area contributed by atoms with Gasteiger partial charge in [-0.2, -0.15) is 0 Å². The van der Waals surface area contributed by atoms with Gasteiger partial charge in [-0.3, -0.25) is 15.0 Å². The van der Waals surface area contributed by atoms with Crippen LogP contribution >= 0.6 is 11.3 Å². The van der Waals surface area contributed by atoms with E-state index in [1.54, 1.807) is 30.3 Å².